The summed E-state index contributed by atoms with van der Waals surface area (Å²) in [6.45, 7) is 3.10. The second kappa shape index (κ2) is 20.3. The number of hydrogen-bond donors (Lipinski definition) is 2. The molecule has 0 saturated heterocycles. The van der Waals surface area contributed by atoms with Crippen LogP contribution in [0.25, 0.3) is 0 Å². The van der Waals surface area contributed by atoms with Gasteiger partial charge in [-0.25, -0.2) is 0 Å². The molecule has 0 aliphatic heterocycles. The average molecular weight is 369 g/mol. The van der Waals surface area contributed by atoms with Crippen LogP contribution in [0.1, 0.15) is 122 Å². The van der Waals surface area contributed by atoms with Gasteiger partial charge in [0.25, 0.3) is 0 Å². The molecule has 26 heavy (non-hydrogen) atoms. The van der Waals surface area contributed by atoms with Crippen LogP contribution >= 0.6 is 0 Å². The van der Waals surface area contributed by atoms with Crippen molar-refractivity contribution in [1.29, 1.82) is 0 Å². The van der Waals surface area contributed by atoms with Crippen molar-refractivity contribution in [3.63, 3.8) is 0 Å². The van der Waals surface area contributed by atoms with E-state index in [0.717, 1.165) is 51.5 Å². The van der Waals surface area contributed by atoms with E-state index in [1.807, 2.05) is 0 Å². The van der Waals surface area contributed by atoms with Crippen LogP contribution in [0.2, 0.25) is 0 Å². The molecular weight excluding hydrogens is 324 g/mol. The highest BCUT2D eigenvalue weighted by molar-refractivity contribution is 5.75. The summed E-state index contributed by atoms with van der Waals surface area (Å²) in [6, 6.07) is 0. The zero-order chi connectivity index (χ0) is 19.3. The number of hydrogen-bond acceptors (Lipinski definition) is 2. The average Bonchev–Trinajstić information content (AvgIpc) is 2.61. The molecule has 154 valence electrons. The van der Waals surface area contributed by atoms with E-state index < -0.39 is 0 Å². The Balaban J connectivity index is 3.16. The predicted molar refractivity (Wildman–Crippen MR) is 111 cm³/mol. The number of nitrogens with two attached hydrogens (primary N) is 1. The topological polar surface area (TPSA) is 72.2 Å². The van der Waals surface area contributed by atoms with Crippen LogP contribution in [0.15, 0.2) is 0 Å². The van der Waals surface area contributed by atoms with E-state index >= 15 is 0 Å². The Hall–Kier alpha value is -1.06. The first-order chi connectivity index (χ1) is 12.7. The molecule has 0 bridgehead atoms. The molecule has 0 aliphatic rings. The van der Waals surface area contributed by atoms with Gasteiger partial charge in [-0.1, -0.05) is 90.4 Å². The fourth-order valence-electron chi connectivity index (χ4n) is 3.22. The van der Waals surface area contributed by atoms with Crippen molar-refractivity contribution in [3.05, 3.63) is 0 Å². The van der Waals surface area contributed by atoms with Crippen molar-refractivity contribution in [2.24, 2.45) is 5.73 Å². The first-order valence-corrected chi connectivity index (χ1v) is 11.2. The van der Waals surface area contributed by atoms with Gasteiger partial charge in [0.2, 0.25) is 11.8 Å². The van der Waals surface area contributed by atoms with Crippen LogP contribution in [0.4, 0.5) is 0 Å². The molecule has 0 aromatic carbocycles. The van der Waals surface area contributed by atoms with Crippen LogP contribution < -0.4 is 11.1 Å². The number of rotatable bonds is 20. The minimum absolute atomic E-state index is 0.203. The van der Waals surface area contributed by atoms with Gasteiger partial charge < -0.3 is 11.1 Å². The molecule has 0 radical (unpaired) electrons. The molecule has 0 atom stereocenters. The van der Waals surface area contributed by atoms with Gasteiger partial charge in [0.05, 0.1) is 0 Å². The molecule has 0 fully saturated rings. The van der Waals surface area contributed by atoms with Crippen molar-refractivity contribution in [3.8, 4) is 0 Å². The standard InChI is InChI=1S/C22H44N2O2/c1-2-3-4-5-6-7-8-11-14-17-20-24-22(26)19-16-13-10-9-12-15-18-21(23)25/h2-20H2,1H3,(H2,23,25)(H,24,26). The van der Waals surface area contributed by atoms with Crippen molar-refractivity contribution >= 4 is 11.8 Å². The third-order valence-corrected chi connectivity index (χ3v) is 4.93. The molecule has 0 saturated carbocycles. The smallest absolute Gasteiger partial charge is 0.219 e. The number of primary amides is 1. The fraction of sp³-hybridized carbons (Fsp3) is 0.909. The lowest BCUT2D eigenvalue weighted by molar-refractivity contribution is -0.121. The number of unbranched alkanes of at least 4 members (excludes halogenated alkanes) is 14. The highest BCUT2D eigenvalue weighted by Crippen LogP contribution is 2.10. The Morgan fingerprint density at radius 3 is 1.54 bits per heavy atom. The van der Waals surface area contributed by atoms with Crippen LogP contribution in [-0.4, -0.2) is 18.4 Å². The zero-order valence-corrected chi connectivity index (χ0v) is 17.3. The third-order valence-electron chi connectivity index (χ3n) is 4.93. The van der Waals surface area contributed by atoms with E-state index in [1.54, 1.807) is 0 Å². The summed E-state index contributed by atoms with van der Waals surface area (Å²) >= 11 is 0. The summed E-state index contributed by atoms with van der Waals surface area (Å²) in [4.78, 5) is 22.4. The van der Waals surface area contributed by atoms with E-state index in [9.17, 15) is 9.59 Å². The number of carbonyl (C=O) groups excluding carboxylic acids is 2. The van der Waals surface area contributed by atoms with Gasteiger partial charge in [0.1, 0.15) is 0 Å². The Kier molecular flexibility index (Phi) is 19.4. The van der Waals surface area contributed by atoms with Gasteiger partial charge in [0, 0.05) is 19.4 Å². The highest BCUT2D eigenvalue weighted by Gasteiger charge is 2.01. The van der Waals surface area contributed by atoms with Crippen LogP contribution in [-0.2, 0) is 9.59 Å². The Bertz CT molecular complexity index is 332. The molecule has 3 N–H and O–H groups in total. The van der Waals surface area contributed by atoms with E-state index in [1.165, 1.54) is 57.8 Å². The minimum atomic E-state index is -0.205. The minimum Gasteiger partial charge on any atom is -0.370 e. The summed E-state index contributed by atoms with van der Waals surface area (Å²) < 4.78 is 0. The van der Waals surface area contributed by atoms with Crippen molar-refractivity contribution in [2.75, 3.05) is 6.54 Å². The molecule has 4 heteroatoms. The first-order valence-electron chi connectivity index (χ1n) is 11.2. The molecule has 2 amide bonds. The molecule has 0 unspecified atom stereocenters. The zero-order valence-electron chi connectivity index (χ0n) is 17.3. The monoisotopic (exact) mass is 368 g/mol. The van der Waals surface area contributed by atoms with Gasteiger partial charge in [-0.2, -0.15) is 0 Å². The molecule has 0 heterocycles. The van der Waals surface area contributed by atoms with Crippen molar-refractivity contribution < 1.29 is 9.59 Å². The lowest BCUT2D eigenvalue weighted by Gasteiger charge is -2.06. The summed E-state index contributed by atoms with van der Waals surface area (Å²) in [5, 5.41) is 3.04. The molecule has 0 aliphatic carbocycles. The summed E-state index contributed by atoms with van der Waals surface area (Å²) in [7, 11) is 0. The normalized spacial score (nSPS) is 10.8. The summed E-state index contributed by atoms with van der Waals surface area (Å²) in [5.41, 5.74) is 5.11. The van der Waals surface area contributed by atoms with Gasteiger partial charge >= 0.3 is 0 Å². The molecule has 0 spiro atoms. The van der Waals surface area contributed by atoms with E-state index in [2.05, 4.69) is 12.2 Å². The van der Waals surface area contributed by atoms with Gasteiger partial charge in [-0.3, -0.25) is 9.59 Å². The second-order valence-corrected chi connectivity index (χ2v) is 7.62. The first kappa shape index (κ1) is 24.9. The number of carbonyl (C=O) groups is 2. The quantitative estimate of drug-likeness (QED) is 0.273. The maximum absolute atomic E-state index is 11.8. The van der Waals surface area contributed by atoms with Crippen LogP contribution in [0, 0.1) is 0 Å². The summed E-state index contributed by atoms with van der Waals surface area (Å²) in [5.74, 6) is -0.00117. The van der Waals surface area contributed by atoms with E-state index in [-0.39, 0.29) is 11.8 Å². The maximum atomic E-state index is 11.8. The van der Waals surface area contributed by atoms with Gasteiger partial charge in [-0.05, 0) is 19.3 Å². The highest BCUT2D eigenvalue weighted by atomic mass is 16.1. The predicted octanol–water partition coefficient (Wildman–Crippen LogP) is 5.63. The number of nitrogens with one attached hydrogen (secondary N) is 1. The molecule has 0 rings (SSSR count). The fourth-order valence-corrected chi connectivity index (χ4v) is 3.22. The SMILES string of the molecule is CCCCCCCCCCCCNC(=O)CCCCCCCCC(N)=O. The maximum Gasteiger partial charge on any atom is 0.219 e. The van der Waals surface area contributed by atoms with Gasteiger partial charge in [0.15, 0.2) is 0 Å². The molecular formula is C22H44N2O2. The molecule has 4 nitrogen and oxygen atoms in total. The van der Waals surface area contributed by atoms with Gasteiger partial charge in [-0.15, -0.1) is 0 Å². The molecule has 0 aromatic heterocycles. The Morgan fingerprint density at radius 1 is 0.615 bits per heavy atom. The van der Waals surface area contributed by atoms with Crippen LogP contribution in [0.5, 0.6) is 0 Å². The lowest BCUT2D eigenvalue weighted by Crippen LogP contribution is -2.23. The Morgan fingerprint density at radius 2 is 1.04 bits per heavy atom. The number of amides is 2. The second-order valence-electron chi connectivity index (χ2n) is 7.62. The lowest BCUT2D eigenvalue weighted by atomic mass is 10.1. The van der Waals surface area contributed by atoms with E-state index in [0.29, 0.717) is 12.8 Å². The third kappa shape index (κ3) is 21.0. The Labute approximate surface area is 162 Å². The largest absolute Gasteiger partial charge is 0.370 e. The molecule has 0 aromatic rings. The van der Waals surface area contributed by atoms with Crippen molar-refractivity contribution in [2.45, 2.75) is 122 Å². The van der Waals surface area contributed by atoms with Crippen LogP contribution in [0.3, 0.4) is 0 Å². The summed E-state index contributed by atoms with van der Waals surface area (Å²) in [6.07, 6.45) is 20.7. The van der Waals surface area contributed by atoms with Crippen molar-refractivity contribution in [1.82, 2.24) is 5.32 Å². The van der Waals surface area contributed by atoms with E-state index in [4.69, 9.17) is 5.73 Å².